The second-order valence-corrected chi connectivity index (χ2v) is 4.60. The van der Waals surface area contributed by atoms with Crippen LogP contribution in [-0.4, -0.2) is 41.4 Å². The molecule has 0 aromatic heterocycles. The Bertz CT molecular complexity index is 228. The third-order valence-corrected chi connectivity index (χ3v) is 2.87. The van der Waals surface area contributed by atoms with Crippen molar-refractivity contribution in [3.8, 4) is 0 Å². The topological polar surface area (TPSA) is 47.9 Å². The van der Waals surface area contributed by atoms with Crippen molar-refractivity contribution in [2.45, 2.75) is 64.0 Å². The fourth-order valence-electron chi connectivity index (χ4n) is 2.21. The van der Waals surface area contributed by atoms with E-state index in [0.717, 1.165) is 0 Å². The van der Waals surface area contributed by atoms with Gasteiger partial charge in [-0.3, -0.25) is 0 Å². The smallest absolute Gasteiger partial charge is 0.164 e. The van der Waals surface area contributed by atoms with Gasteiger partial charge in [0.25, 0.3) is 0 Å². The van der Waals surface area contributed by atoms with Gasteiger partial charge < -0.3 is 19.3 Å². The maximum atomic E-state index is 9.87. The summed E-state index contributed by atoms with van der Waals surface area (Å²) in [5, 5.41) is 9.87. The minimum Gasteiger partial charge on any atom is -0.388 e. The van der Waals surface area contributed by atoms with Gasteiger partial charge in [0.2, 0.25) is 0 Å². The molecule has 0 aromatic carbocycles. The van der Waals surface area contributed by atoms with Gasteiger partial charge in [-0.25, -0.2) is 0 Å². The van der Waals surface area contributed by atoms with Gasteiger partial charge in [-0.2, -0.15) is 0 Å². The molecule has 2 saturated heterocycles. The molecule has 4 heteroatoms. The predicted octanol–water partition coefficient (Wildman–Crippen LogP) is 0.675. The summed E-state index contributed by atoms with van der Waals surface area (Å²) in [5.41, 5.74) is 0. The second kappa shape index (κ2) is 3.17. The number of hydrogen-bond acceptors (Lipinski definition) is 4. The van der Waals surface area contributed by atoms with Crippen molar-refractivity contribution in [3.63, 3.8) is 0 Å². The van der Waals surface area contributed by atoms with Crippen LogP contribution in [0.25, 0.3) is 0 Å². The molecule has 0 unspecified atom stereocenters. The summed E-state index contributed by atoms with van der Waals surface area (Å²) < 4.78 is 16.9. The Hall–Kier alpha value is -0.160. The molecule has 5 atom stereocenters. The highest BCUT2D eigenvalue weighted by atomic mass is 16.8. The van der Waals surface area contributed by atoms with E-state index in [9.17, 15) is 5.11 Å². The lowest BCUT2D eigenvalue weighted by molar-refractivity contribution is -0.175. The number of fused-ring (bicyclic) bond motifs is 1. The summed E-state index contributed by atoms with van der Waals surface area (Å²) in [4.78, 5) is 0. The van der Waals surface area contributed by atoms with Gasteiger partial charge in [0.1, 0.15) is 18.3 Å². The lowest BCUT2D eigenvalue weighted by Gasteiger charge is -2.37. The van der Waals surface area contributed by atoms with Gasteiger partial charge in [0.05, 0.1) is 12.2 Å². The lowest BCUT2D eigenvalue weighted by atomic mass is 9.97. The Labute approximate surface area is 84.1 Å². The molecule has 4 nitrogen and oxygen atoms in total. The predicted molar refractivity (Wildman–Crippen MR) is 49.8 cm³/mol. The van der Waals surface area contributed by atoms with Gasteiger partial charge in [-0.05, 0) is 27.7 Å². The lowest BCUT2D eigenvalue weighted by Crippen LogP contribution is -2.54. The zero-order valence-corrected chi connectivity index (χ0v) is 9.06. The van der Waals surface area contributed by atoms with Crippen LogP contribution >= 0.6 is 0 Å². The third-order valence-electron chi connectivity index (χ3n) is 2.87. The van der Waals surface area contributed by atoms with Crippen molar-refractivity contribution in [1.82, 2.24) is 0 Å². The Morgan fingerprint density at radius 2 is 1.57 bits per heavy atom. The monoisotopic (exact) mass is 202 g/mol. The van der Waals surface area contributed by atoms with Crippen LogP contribution in [0.3, 0.4) is 0 Å². The van der Waals surface area contributed by atoms with Crippen molar-refractivity contribution in [2.75, 3.05) is 0 Å². The summed E-state index contributed by atoms with van der Waals surface area (Å²) >= 11 is 0. The molecule has 0 spiro atoms. The van der Waals surface area contributed by atoms with E-state index in [4.69, 9.17) is 14.2 Å². The van der Waals surface area contributed by atoms with Gasteiger partial charge in [-0.1, -0.05) is 0 Å². The highest BCUT2D eigenvalue weighted by Gasteiger charge is 2.52. The summed E-state index contributed by atoms with van der Waals surface area (Å²) in [6.45, 7) is 7.52. The molecule has 2 rings (SSSR count). The molecule has 14 heavy (non-hydrogen) atoms. The molecule has 2 fully saturated rings. The van der Waals surface area contributed by atoms with Crippen LogP contribution in [-0.2, 0) is 14.2 Å². The van der Waals surface area contributed by atoms with Gasteiger partial charge in [-0.15, -0.1) is 0 Å². The van der Waals surface area contributed by atoms with Crippen LogP contribution in [0.5, 0.6) is 0 Å². The maximum Gasteiger partial charge on any atom is 0.164 e. The number of aliphatic hydroxyl groups excluding tert-OH is 1. The van der Waals surface area contributed by atoms with E-state index in [0.29, 0.717) is 0 Å². The number of aliphatic hydroxyl groups is 1. The standard InChI is InChI=1S/C10H18O4/c1-5-7(11)9-8(6(2)12-5)13-10(3,4)14-9/h5-9,11H,1-4H3/t5-,6-,7+,8+,9-/m1/s1. The average Bonchev–Trinajstić information content (AvgIpc) is 2.38. The van der Waals surface area contributed by atoms with E-state index in [2.05, 4.69) is 0 Å². The molecular weight excluding hydrogens is 184 g/mol. The largest absolute Gasteiger partial charge is 0.388 e. The van der Waals surface area contributed by atoms with Gasteiger partial charge in [0, 0.05) is 0 Å². The van der Waals surface area contributed by atoms with E-state index in [1.807, 2.05) is 27.7 Å². The zero-order chi connectivity index (χ0) is 10.5. The van der Waals surface area contributed by atoms with Crippen LogP contribution in [0.2, 0.25) is 0 Å². The first-order chi connectivity index (χ1) is 6.41. The summed E-state index contributed by atoms with van der Waals surface area (Å²) in [5.74, 6) is -0.613. The first-order valence-corrected chi connectivity index (χ1v) is 5.10. The third kappa shape index (κ3) is 1.56. The van der Waals surface area contributed by atoms with Crippen LogP contribution < -0.4 is 0 Å². The number of hydrogen-bond donors (Lipinski definition) is 1. The quantitative estimate of drug-likeness (QED) is 0.627. The van der Waals surface area contributed by atoms with Crippen molar-refractivity contribution >= 4 is 0 Å². The molecule has 82 valence electrons. The highest BCUT2D eigenvalue weighted by molar-refractivity contribution is 4.95. The fourth-order valence-corrected chi connectivity index (χ4v) is 2.21. The van der Waals surface area contributed by atoms with Crippen LogP contribution in [0, 0.1) is 0 Å². The Morgan fingerprint density at radius 1 is 1.00 bits per heavy atom. The highest BCUT2D eigenvalue weighted by Crippen LogP contribution is 2.36. The SMILES string of the molecule is C[C@H]1O[C@H](C)[C@@H]2OC(C)(C)O[C@@H]2[C@H]1O. The average molecular weight is 202 g/mol. The summed E-state index contributed by atoms with van der Waals surface area (Å²) in [6, 6.07) is 0. The minimum absolute atomic E-state index is 0.0276. The Balaban J connectivity index is 2.18. The number of rotatable bonds is 0. The molecule has 0 aliphatic carbocycles. The maximum absolute atomic E-state index is 9.87. The first-order valence-electron chi connectivity index (χ1n) is 5.10. The molecule has 2 aliphatic heterocycles. The Morgan fingerprint density at radius 3 is 2.21 bits per heavy atom. The molecule has 0 bridgehead atoms. The van der Waals surface area contributed by atoms with Crippen molar-refractivity contribution in [3.05, 3.63) is 0 Å². The summed E-state index contributed by atoms with van der Waals surface area (Å²) in [7, 11) is 0. The number of ether oxygens (including phenoxy) is 3. The molecule has 2 aliphatic rings. The molecule has 0 radical (unpaired) electrons. The van der Waals surface area contributed by atoms with Crippen LogP contribution in [0.4, 0.5) is 0 Å². The van der Waals surface area contributed by atoms with Gasteiger partial charge in [0.15, 0.2) is 5.79 Å². The summed E-state index contributed by atoms with van der Waals surface area (Å²) in [6.07, 6.45) is -1.23. The Kier molecular flexibility index (Phi) is 2.34. The molecule has 0 amide bonds. The second-order valence-electron chi connectivity index (χ2n) is 4.60. The molecular formula is C10H18O4. The fraction of sp³-hybridized carbons (Fsp3) is 1.00. The van der Waals surface area contributed by atoms with E-state index in [-0.39, 0.29) is 24.4 Å². The zero-order valence-electron chi connectivity index (χ0n) is 9.06. The molecule has 0 aromatic rings. The van der Waals surface area contributed by atoms with E-state index >= 15 is 0 Å². The van der Waals surface area contributed by atoms with E-state index in [1.165, 1.54) is 0 Å². The van der Waals surface area contributed by atoms with E-state index in [1.54, 1.807) is 0 Å². The van der Waals surface area contributed by atoms with E-state index < -0.39 is 11.9 Å². The molecule has 1 N–H and O–H groups in total. The van der Waals surface area contributed by atoms with Crippen LogP contribution in [0.1, 0.15) is 27.7 Å². The minimum atomic E-state index is -0.613. The molecule has 0 saturated carbocycles. The van der Waals surface area contributed by atoms with Crippen molar-refractivity contribution < 1.29 is 19.3 Å². The van der Waals surface area contributed by atoms with Crippen molar-refractivity contribution in [2.24, 2.45) is 0 Å². The normalized spacial score (nSPS) is 51.6. The molecule has 2 heterocycles. The van der Waals surface area contributed by atoms with Crippen LogP contribution in [0.15, 0.2) is 0 Å². The van der Waals surface area contributed by atoms with Crippen molar-refractivity contribution in [1.29, 1.82) is 0 Å². The van der Waals surface area contributed by atoms with Gasteiger partial charge >= 0.3 is 0 Å². The first kappa shape index (κ1) is 10.4.